The van der Waals surface area contributed by atoms with Gasteiger partial charge in [-0.25, -0.2) is 4.98 Å². The van der Waals surface area contributed by atoms with Crippen molar-refractivity contribution in [3.63, 3.8) is 0 Å². The van der Waals surface area contributed by atoms with Crippen LogP contribution in [0.2, 0.25) is 0 Å². The summed E-state index contributed by atoms with van der Waals surface area (Å²) in [4.78, 5) is 6.82. The van der Waals surface area contributed by atoms with Gasteiger partial charge in [0.05, 0.1) is 12.8 Å². The maximum Gasteiger partial charge on any atom is 0.133 e. The van der Waals surface area contributed by atoms with Crippen molar-refractivity contribution in [1.29, 1.82) is 0 Å². The fraction of sp³-hybridized carbons (Fsp3) is 0.438. The molecule has 4 nitrogen and oxygen atoms in total. The number of anilines is 1. The smallest absolute Gasteiger partial charge is 0.133 e. The lowest BCUT2D eigenvalue weighted by molar-refractivity contribution is 0.501. The van der Waals surface area contributed by atoms with E-state index >= 15 is 0 Å². The van der Waals surface area contributed by atoms with Crippen molar-refractivity contribution < 1.29 is 4.42 Å². The molecule has 108 valence electrons. The Hall–Kier alpha value is -1.81. The molecule has 0 aliphatic rings. The standard InChI is InChI=1S/C16H23N3O/c1-4-17-13(3)15-9-6-10-18-16(15)19(5-2)12-14-8-7-11-20-14/h6-11,13,17H,4-5,12H2,1-3H3. The van der Waals surface area contributed by atoms with Crippen LogP contribution in [-0.2, 0) is 6.54 Å². The van der Waals surface area contributed by atoms with Crippen LogP contribution in [0.1, 0.15) is 38.1 Å². The first-order valence-corrected chi connectivity index (χ1v) is 7.21. The normalized spacial score (nSPS) is 12.3. The minimum absolute atomic E-state index is 0.286. The Morgan fingerprint density at radius 2 is 2.15 bits per heavy atom. The molecule has 0 aromatic carbocycles. The third kappa shape index (κ3) is 3.39. The Labute approximate surface area is 120 Å². The van der Waals surface area contributed by atoms with Crippen LogP contribution in [0.4, 0.5) is 5.82 Å². The molecule has 0 radical (unpaired) electrons. The summed E-state index contributed by atoms with van der Waals surface area (Å²) in [6.07, 6.45) is 3.56. The van der Waals surface area contributed by atoms with Gasteiger partial charge in [-0.2, -0.15) is 0 Å². The quantitative estimate of drug-likeness (QED) is 0.839. The van der Waals surface area contributed by atoms with Crippen molar-refractivity contribution in [2.75, 3.05) is 18.0 Å². The maximum atomic E-state index is 5.45. The maximum absolute atomic E-state index is 5.45. The Morgan fingerprint density at radius 3 is 2.80 bits per heavy atom. The summed E-state index contributed by atoms with van der Waals surface area (Å²) in [7, 11) is 0. The highest BCUT2D eigenvalue weighted by molar-refractivity contribution is 5.48. The van der Waals surface area contributed by atoms with Crippen molar-refractivity contribution in [3.05, 3.63) is 48.0 Å². The minimum atomic E-state index is 0.286. The van der Waals surface area contributed by atoms with Gasteiger partial charge in [-0.15, -0.1) is 0 Å². The molecule has 1 unspecified atom stereocenters. The lowest BCUT2D eigenvalue weighted by Crippen LogP contribution is -2.27. The van der Waals surface area contributed by atoms with Gasteiger partial charge in [0.15, 0.2) is 0 Å². The summed E-state index contributed by atoms with van der Waals surface area (Å²) in [6, 6.07) is 8.34. The predicted octanol–water partition coefficient (Wildman–Crippen LogP) is 3.37. The van der Waals surface area contributed by atoms with Crippen LogP contribution in [0, 0.1) is 0 Å². The van der Waals surface area contributed by atoms with E-state index in [0.29, 0.717) is 0 Å². The fourth-order valence-corrected chi connectivity index (χ4v) is 2.35. The highest BCUT2D eigenvalue weighted by atomic mass is 16.3. The van der Waals surface area contributed by atoms with E-state index in [1.807, 2.05) is 24.4 Å². The minimum Gasteiger partial charge on any atom is -0.467 e. The summed E-state index contributed by atoms with van der Waals surface area (Å²) in [6.45, 7) is 9.01. The molecule has 0 saturated heterocycles. The number of hydrogen-bond donors (Lipinski definition) is 1. The van der Waals surface area contributed by atoms with Crippen LogP contribution in [0.5, 0.6) is 0 Å². The molecule has 2 aromatic rings. The van der Waals surface area contributed by atoms with Crippen LogP contribution in [0.3, 0.4) is 0 Å². The number of aromatic nitrogens is 1. The molecule has 4 heteroatoms. The zero-order valence-electron chi connectivity index (χ0n) is 12.5. The topological polar surface area (TPSA) is 41.3 Å². The van der Waals surface area contributed by atoms with Crippen molar-refractivity contribution in [2.45, 2.75) is 33.4 Å². The second kappa shape index (κ2) is 7.10. The number of rotatable bonds is 7. The van der Waals surface area contributed by atoms with E-state index in [2.05, 4.69) is 42.0 Å². The molecular formula is C16H23N3O. The number of furan rings is 1. The highest BCUT2D eigenvalue weighted by Crippen LogP contribution is 2.25. The van der Waals surface area contributed by atoms with E-state index < -0.39 is 0 Å². The average molecular weight is 273 g/mol. The molecule has 2 heterocycles. The van der Waals surface area contributed by atoms with Crippen LogP contribution in [0.25, 0.3) is 0 Å². The number of pyridine rings is 1. The van der Waals surface area contributed by atoms with Gasteiger partial charge in [0.2, 0.25) is 0 Å². The van der Waals surface area contributed by atoms with Gasteiger partial charge in [-0.05, 0) is 38.6 Å². The van der Waals surface area contributed by atoms with Gasteiger partial charge in [0, 0.05) is 24.3 Å². The number of nitrogens with zero attached hydrogens (tertiary/aromatic N) is 2. The molecular weight excluding hydrogens is 250 g/mol. The first kappa shape index (κ1) is 14.6. The lowest BCUT2D eigenvalue weighted by atomic mass is 10.1. The van der Waals surface area contributed by atoms with E-state index in [9.17, 15) is 0 Å². The van der Waals surface area contributed by atoms with E-state index in [4.69, 9.17) is 4.42 Å². The fourth-order valence-electron chi connectivity index (χ4n) is 2.35. The van der Waals surface area contributed by atoms with Gasteiger partial charge in [0.1, 0.15) is 11.6 Å². The second-order valence-corrected chi connectivity index (χ2v) is 4.79. The van der Waals surface area contributed by atoms with Crippen LogP contribution < -0.4 is 10.2 Å². The third-order valence-corrected chi connectivity index (χ3v) is 3.40. The van der Waals surface area contributed by atoms with Crippen molar-refractivity contribution in [1.82, 2.24) is 10.3 Å². The first-order valence-electron chi connectivity index (χ1n) is 7.21. The molecule has 2 rings (SSSR count). The van der Waals surface area contributed by atoms with Crippen molar-refractivity contribution in [3.8, 4) is 0 Å². The summed E-state index contributed by atoms with van der Waals surface area (Å²) in [5.41, 5.74) is 1.22. The summed E-state index contributed by atoms with van der Waals surface area (Å²) in [5.74, 6) is 1.99. The summed E-state index contributed by atoms with van der Waals surface area (Å²) < 4.78 is 5.45. The highest BCUT2D eigenvalue weighted by Gasteiger charge is 2.16. The van der Waals surface area contributed by atoms with E-state index in [-0.39, 0.29) is 6.04 Å². The molecule has 20 heavy (non-hydrogen) atoms. The predicted molar refractivity (Wildman–Crippen MR) is 81.8 cm³/mol. The third-order valence-electron chi connectivity index (χ3n) is 3.40. The Morgan fingerprint density at radius 1 is 1.30 bits per heavy atom. The van der Waals surface area contributed by atoms with E-state index in [0.717, 1.165) is 31.2 Å². The zero-order valence-corrected chi connectivity index (χ0v) is 12.5. The molecule has 0 spiro atoms. The van der Waals surface area contributed by atoms with Crippen LogP contribution >= 0.6 is 0 Å². The van der Waals surface area contributed by atoms with Gasteiger partial charge in [-0.3, -0.25) is 0 Å². The average Bonchev–Trinajstić information content (AvgIpc) is 2.98. The SMILES string of the molecule is CCNC(C)c1cccnc1N(CC)Cc1ccco1. The Balaban J connectivity index is 2.24. The van der Waals surface area contributed by atoms with Gasteiger partial charge in [-0.1, -0.05) is 13.0 Å². The van der Waals surface area contributed by atoms with Crippen molar-refractivity contribution in [2.24, 2.45) is 0 Å². The number of hydrogen-bond acceptors (Lipinski definition) is 4. The molecule has 1 atom stereocenters. The molecule has 0 aliphatic carbocycles. The molecule has 0 bridgehead atoms. The Kier molecular flexibility index (Phi) is 5.18. The molecule has 0 aliphatic heterocycles. The molecule has 2 aromatic heterocycles. The largest absolute Gasteiger partial charge is 0.467 e. The van der Waals surface area contributed by atoms with Gasteiger partial charge >= 0.3 is 0 Å². The summed E-state index contributed by atoms with van der Waals surface area (Å²) in [5, 5.41) is 3.45. The summed E-state index contributed by atoms with van der Waals surface area (Å²) >= 11 is 0. The van der Waals surface area contributed by atoms with Crippen molar-refractivity contribution >= 4 is 5.82 Å². The van der Waals surface area contributed by atoms with Gasteiger partial charge in [0.25, 0.3) is 0 Å². The molecule has 0 amide bonds. The molecule has 0 fully saturated rings. The second-order valence-electron chi connectivity index (χ2n) is 4.79. The van der Waals surface area contributed by atoms with Crippen LogP contribution in [0.15, 0.2) is 41.1 Å². The van der Waals surface area contributed by atoms with E-state index in [1.165, 1.54) is 5.56 Å². The molecule has 0 saturated carbocycles. The van der Waals surface area contributed by atoms with Gasteiger partial charge < -0.3 is 14.6 Å². The Bertz CT molecular complexity index is 510. The van der Waals surface area contributed by atoms with E-state index in [1.54, 1.807) is 6.26 Å². The monoisotopic (exact) mass is 273 g/mol. The zero-order chi connectivity index (χ0) is 14.4. The number of nitrogens with one attached hydrogen (secondary N) is 1. The molecule has 1 N–H and O–H groups in total. The first-order chi connectivity index (χ1) is 9.76. The lowest BCUT2D eigenvalue weighted by Gasteiger charge is -2.26. The van der Waals surface area contributed by atoms with Crippen LogP contribution in [-0.4, -0.2) is 18.1 Å².